The van der Waals surface area contributed by atoms with Crippen LogP contribution in [0.1, 0.15) is 46.5 Å². The molecule has 2 fully saturated rings. The Labute approximate surface area is 95.9 Å². The number of hydrogen-bond donors (Lipinski definition) is 0. The molecule has 2 heterocycles. The molecule has 0 aromatic carbocycles. The molecule has 88 valence electrons. The van der Waals surface area contributed by atoms with Gasteiger partial charge in [0.05, 0.1) is 0 Å². The van der Waals surface area contributed by atoms with Gasteiger partial charge in [0.25, 0.3) is 0 Å². The first-order chi connectivity index (χ1) is 7.09. The Bertz CT molecular complexity index is 184. The van der Waals surface area contributed by atoms with Crippen molar-refractivity contribution in [2.75, 3.05) is 26.2 Å². The molecule has 0 bridgehead atoms. The Morgan fingerprint density at radius 3 is 1.33 bits per heavy atom. The number of rotatable bonds is 2. The predicted octanol–water partition coefficient (Wildman–Crippen LogP) is 3.29. The molecule has 0 spiro atoms. The second-order valence-corrected chi connectivity index (χ2v) is 8.83. The Morgan fingerprint density at radius 1 is 0.733 bits per heavy atom. The zero-order valence-electron chi connectivity index (χ0n) is 10.5. The molecule has 0 aliphatic carbocycles. The first-order valence-electron chi connectivity index (χ1n) is 6.39. The quantitative estimate of drug-likeness (QED) is 0.669. The molecule has 0 aromatic rings. The highest BCUT2D eigenvalue weighted by Gasteiger charge is 2.37. The van der Waals surface area contributed by atoms with Gasteiger partial charge < -0.3 is 0 Å². The van der Waals surface area contributed by atoms with Crippen LogP contribution in [0.15, 0.2) is 0 Å². The van der Waals surface area contributed by atoms with Gasteiger partial charge in [-0.2, -0.15) is 0 Å². The fourth-order valence-electron chi connectivity index (χ4n) is 2.81. The van der Waals surface area contributed by atoms with Gasteiger partial charge in [-0.05, 0) is 25.7 Å². The van der Waals surface area contributed by atoms with Crippen molar-refractivity contribution in [3.63, 3.8) is 0 Å². The van der Waals surface area contributed by atoms with Crippen LogP contribution in [0.3, 0.4) is 0 Å². The van der Waals surface area contributed by atoms with Gasteiger partial charge in [0.2, 0.25) is 0 Å². The Balaban J connectivity index is 2.07. The maximum Gasteiger partial charge on any atom is 0.0451 e. The lowest BCUT2D eigenvalue weighted by molar-refractivity contribution is 0.449. The molecule has 2 aliphatic rings. The first kappa shape index (κ1) is 11.8. The van der Waals surface area contributed by atoms with Gasteiger partial charge in [0.1, 0.15) is 0 Å². The van der Waals surface area contributed by atoms with Crippen molar-refractivity contribution >= 4 is 8.22 Å². The van der Waals surface area contributed by atoms with Crippen LogP contribution in [0, 0.1) is 0 Å². The molecule has 0 radical (unpaired) electrons. The minimum atomic E-state index is -0.0373. The molecule has 15 heavy (non-hydrogen) atoms. The second-order valence-electron chi connectivity index (χ2n) is 5.78. The average molecular weight is 228 g/mol. The third-order valence-corrected chi connectivity index (χ3v) is 6.37. The smallest absolute Gasteiger partial charge is 0.0451 e. The third kappa shape index (κ3) is 2.72. The first-order valence-corrected chi connectivity index (χ1v) is 7.64. The van der Waals surface area contributed by atoms with E-state index in [0.717, 1.165) is 0 Å². The SMILES string of the molecule is CC(C)(C)P(N1CCCC1)N1CCCC1. The van der Waals surface area contributed by atoms with E-state index in [9.17, 15) is 0 Å². The lowest BCUT2D eigenvalue weighted by atomic mass is 10.3. The van der Waals surface area contributed by atoms with E-state index in [1.165, 1.54) is 51.9 Å². The molecule has 0 amide bonds. The van der Waals surface area contributed by atoms with Crippen molar-refractivity contribution in [2.24, 2.45) is 0 Å². The molecule has 2 aliphatic heterocycles. The van der Waals surface area contributed by atoms with Crippen molar-refractivity contribution in [2.45, 2.75) is 51.6 Å². The highest BCUT2D eigenvalue weighted by atomic mass is 31.1. The van der Waals surface area contributed by atoms with Crippen LogP contribution in [0.25, 0.3) is 0 Å². The minimum absolute atomic E-state index is 0.0373. The van der Waals surface area contributed by atoms with Crippen LogP contribution in [-0.4, -0.2) is 40.7 Å². The third-order valence-electron chi connectivity index (χ3n) is 3.30. The van der Waals surface area contributed by atoms with E-state index in [1.54, 1.807) is 0 Å². The van der Waals surface area contributed by atoms with Crippen LogP contribution < -0.4 is 0 Å². The molecule has 3 heteroatoms. The fourth-order valence-corrected chi connectivity index (χ4v) is 6.19. The van der Waals surface area contributed by atoms with Crippen LogP contribution in [0.4, 0.5) is 0 Å². The van der Waals surface area contributed by atoms with E-state index < -0.39 is 0 Å². The average Bonchev–Trinajstić information content (AvgIpc) is 2.73. The zero-order valence-corrected chi connectivity index (χ0v) is 11.4. The molecule has 0 aromatic heterocycles. The van der Waals surface area contributed by atoms with Gasteiger partial charge in [-0.15, -0.1) is 0 Å². The van der Waals surface area contributed by atoms with Crippen LogP contribution in [-0.2, 0) is 0 Å². The van der Waals surface area contributed by atoms with E-state index in [-0.39, 0.29) is 8.22 Å². The summed E-state index contributed by atoms with van der Waals surface area (Å²) in [6, 6.07) is 0. The lowest BCUT2D eigenvalue weighted by Gasteiger charge is -2.43. The molecular weight excluding hydrogens is 203 g/mol. The predicted molar refractivity (Wildman–Crippen MR) is 68.3 cm³/mol. The Hall–Kier alpha value is 0.350. The minimum Gasteiger partial charge on any atom is -0.270 e. The van der Waals surface area contributed by atoms with E-state index in [0.29, 0.717) is 5.16 Å². The number of hydrogen-bond acceptors (Lipinski definition) is 2. The van der Waals surface area contributed by atoms with Crippen molar-refractivity contribution < 1.29 is 0 Å². The van der Waals surface area contributed by atoms with Crippen LogP contribution >= 0.6 is 8.22 Å². The highest BCUT2D eigenvalue weighted by Crippen LogP contribution is 2.57. The van der Waals surface area contributed by atoms with Crippen molar-refractivity contribution in [1.29, 1.82) is 0 Å². The van der Waals surface area contributed by atoms with Gasteiger partial charge >= 0.3 is 0 Å². The van der Waals surface area contributed by atoms with Crippen molar-refractivity contribution in [3.8, 4) is 0 Å². The van der Waals surface area contributed by atoms with Crippen LogP contribution in [0.2, 0.25) is 0 Å². The highest BCUT2D eigenvalue weighted by molar-refractivity contribution is 7.54. The molecule has 0 atom stereocenters. The van der Waals surface area contributed by atoms with E-state index >= 15 is 0 Å². The topological polar surface area (TPSA) is 6.48 Å². The molecule has 2 nitrogen and oxygen atoms in total. The molecule has 0 unspecified atom stereocenters. The van der Waals surface area contributed by atoms with E-state index in [4.69, 9.17) is 0 Å². The zero-order chi connectivity index (χ0) is 10.9. The maximum absolute atomic E-state index is 2.78. The summed E-state index contributed by atoms with van der Waals surface area (Å²) in [5.41, 5.74) is 0. The van der Waals surface area contributed by atoms with Crippen molar-refractivity contribution in [3.05, 3.63) is 0 Å². The summed E-state index contributed by atoms with van der Waals surface area (Å²) in [5.74, 6) is 0. The normalized spacial score (nSPS) is 25.6. The summed E-state index contributed by atoms with van der Waals surface area (Å²) >= 11 is 0. The summed E-state index contributed by atoms with van der Waals surface area (Å²) in [6.07, 6.45) is 5.68. The van der Waals surface area contributed by atoms with E-state index in [2.05, 4.69) is 30.1 Å². The summed E-state index contributed by atoms with van der Waals surface area (Å²) in [4.78, 5) is 0. The molecule has 0 N–H and O–H groups in total. The summed E-state index contributed by atoms with van der Waals surface area (Å²) in [5, 5.41) is 0.462. The number of nitrogens with zero attached hydrogens (tertiary/aromatic N) is 2. The largest absolute Gasteiger partial charge is 0.270 e. The van der Waals surface area contributed by atoms with Gasteiger partial charge in [0.15, 0.2) is 0 Å². The van der Waals surface area contributed by atoms with Gasteiger partial charge in [-0.3, -0.25) is 9.34 Å². The Morgan fingerprint density at radius 2 is 1.07 bits per heavy atom. The summed E-state index contributed by atoms with van der Waals surface area (Å²) < 4.78 is 5.56. The second kappa shape index (κ2) is 4.69. The molecule has 0 saturated carbocycles. The standard InChI is InChI=1S/C12H25N2P/c1-12(2,3)15(13-8-4-5-9-13)14-10-6-7-11-14/h4-11H2,1-3H3. The van der Waals surface area contributed by atoms with Crippen molar-refractivity contribution in [1.82, 2.24) is 9.34 Å². The lowest BCUT2D eigenvalue weighted by Crippen LogP contribution is -2.34. The van der Waals surface area contributed by atoms with Gasteiger partial charge in [-0.1, -0.05) is 20.8 Å². The summed E-state index contributed by atoms with van der Waals surface area (Å²) in [7, 11) is -0.0373. The fraction of sp³-hybridized carbons (Fsp3) is 1.00. The molecular formula is C12H25N2P. The molecule has 2 rings (SSSR count). The molecule has 2 saturated heterocycles. The van der Waals surface area contributed by atoms with Gasteiger partial charge in [-0.25, -0.2) is 0 Å². The monoisotopic (exact) mass is 228 g/mol. The van der Waals surface area contributed by atoms with Crippen LogP contribution in [0.5, 0.6) is 0 Å². The van der Waals surface area contributed by atoms with Gasteiger partial charge in [0, 0.05) is 39.6 Å². The summed E-state index contributed by atoms with van der Waals surface area (Å²) in [6.45, 7) is 12.7. The van der Waals surface area contributed by atoms with E-state index in [1.807, 2.05) is 0 Å². The maximum atomic E-state index is 2.78. The Kier molecular flexibility index (Phi) is 3.70.